The van der Waals surface area contributed by atoms with E-state index in [9.17, 15) is 0 Å². The molecule has 0 spiro atoms. The first-order valence-corrected chi connectivity index (χ1v) is 7.14. The molecule has 2 rings (SSSR count). The maximum Gasteiger partial charge on any atom is 0.127 e. The van der Waals surface area contributed by atoms with Crippen molar-refractivity contribution in [3.8, 4) is 11.5 Å². The topological polar surface area (TPSA) is 48.3 Å². The average molecular weight is 289 g/mol. The van der Waals surface area contributed by atoms with Crippen LogP contribution in [0.2, 0.25) is 0 Å². The Kier molecular flexibility index (Phi) is 5.22. The molecule has 2 aromatic rings. The monoisotopic (exact) mass is 289 g/mol. The van der Waals surface area contributed by atoms with Gasteiger partial charge in [-0.15, -0.1) is 0 Å². The predicted octanol–water partition coefficient (Wildman–Crippen LogP) is 2.53. The van der Waals surface area contributed by atoms with Gasteiger partial charge in [0.2, 0.25) is 0 Å². The van der Waals surface area contributed by atoms with E-state index in [0.717, 1.165) is 35.7 Å². The summed E-state index contributed by atoms with van der Waals surface area (Å²) in [6.45, 7) is 3.06. The van der Waals surface area contributed by atoms with Gasteiger partial charge in [0.05, 0.1) is 26.0 Å². The van der Waals surface area contributed by atoms with Gasteiger partial charge in [-0.1, -0.05) is 6.92 Å². The Hall–Kier alpha value is -2.01. The first-order valence-electron chi connectivity index (χ1n) is 7.14. The van der Waals surface area contributed by atoms with Crippen LogP contribution in [-0.2, 0) is 7.05 Å². The van der Waals surface area contributed by atoms with E-state index in [1.165, 1.54) is 0 Å². The van der Waals surface area contributed by atoms with Crippen molar-refractivity contribution in [1.29, 1.82) is 0 Å². The van der Waals surface area contributed by atoms with E-state index in [-0.39, 0.29) is 6.04 Å². The standard InChI is InChI=1S/C16H23N3O2/c1-5-9-17-16(14-8-10-19(2)18-14)13-7-6-12(20-3)11-15(13)21-4/h6-8,10-11,16-17H,5,9H2,1-4H3. The first kappa shape index (κ1) is 15.4. The van der Waals surface area contributed by atoms with Crippen LogP contribution in [0, 0.1) is 0 Å². The second-order valence-corrected chi connectivity index (χ2v) is 4.91. The maximum absolute atomic E-state index is 5.52. The lowest BCUT2D eigenvalue weighted by atomic mass is 10.0. The van der Waals surface area contributed by atoms with Gasteiger partial charge in [-0.3, -0.25) is 4.68 Å². The van der Waals surface area contributed by atoms with Crippen LogP contribution in [0.4, 0.5) is 0 Å². The summed E-state index contributed by atoms with van der Waals surface area (Å²) in [6, 6.07) is 7.91. The molecule has 0 amide bonds. The number of hydrogen-bond acceptors (Lipinski definition) is 4. The van der Waals surface area contributed by atoms with Crippen LogP contribution in [0.25, 0.3) is 0 Å². The third-order valence-corrected chi connectivity index (χ3v) is 3.38. The average Bonchev–Trinajstić information content (AvgIpc) is 2.94. The summed E-state index contributed by atoms with van der Waals surface area (Å²) in [4.78, 5) is 0. The molecule has 0 radical (unpaired) electrons. The SMILES string of the molecule is CCCNC(c1ccn(C)n1)c1ccc(OC)cc1OC. The normalized spacial score (nSPS) is 12.2. The molecule has 1 atom stereocenters. The molecule has 0 saturated heterocycles. The molecule has 114 valence electrons. The highest BCUT2D eigenvalue weighted by molar-refractivity contribution is 5.45. The number of rotatable bonds is 7. The molecule has 1 unspecified atom stereocenters. The van der Waals surface area contributed by atoms with Gasteiger partial charge in [0.25, 0.3) is 0 Å². The molecule has 1 N–H and O–H groups in total. The third-order valence-electron chi connectivity index (χ3n) is 3.38. The zero-order valence-electron chi connectivity index (χ0n) is 13.1. The van der Waals surface area contributed by atoms with Crippen LogP contribution in [-0.4, -0.2) is 30.5 Å². The molecular weight excluding hydrogens is 266 g/mol. The van der Waals surface area contributed by atoms with Crippen molar-refractivity contribution < 1.29 is 9.47 Å². The number of hydrogen-bond donors (Lipinski definition) is 1. The van der Waals surface area contributed by atoms with Gasteiger partial charge in [-0.2, -0.15) is 5.10 Å². The van der Waals surface area contributed by atoms with Gasteiger partial charge in [-0.25, -0.2) is 0 Å². The largest absolute Gasteiger partial charge is 0.497 e. The number of aryl methyl sites for hydroxylation is 1. The smallest absolute Gasteiger partial charge is 0.127 e. The number of nitrogens with one attached hydrogen (secondary N) is 1. The lowest BCUT2D eigenvalue weighted by molar-refractivity contribution is 0.386. The van der Waals surface area contributed by atoms with E-state index < -0.39 is 0 Å². The van der Waals surface area contributed by atoms with E-state index in [1.807, 2.05) is 42.2 Å². The van der Waals surface area contributed by atoms with Gasteiger partial charge in [0.15, 0.2) is 0 Å². The highest BCUT2D eigenvalue weighted by Gasteiger charge is 2.20. The summed E-state index contributed by atoms with van der Waals surface area (Å²) in [6.07, 6.45) is 3.01. The molecule has 0 aliphatic heterocycles. The van der Waals surface area contributed by atoms with E-state index in [2.05, 4.69) is 17.3 Å². The molecule has 1 aromatic heterocycles. The van der Waals surface area contributed by atoms with E-state index in [0.29, 0.717) is 0 Å². The minimum atomic E-state index is 0.00649. The van der Waals surface area contributed by atoms with Crippen LogP contribution in [0.15, 0.2) is 30.5 Å². The van der Waals surface area contributed by atoms with Crippen molar-refractivity contribution in [2.45, 2.75) is 19.4 Å². The molecule has 1 aromatic carbocycles. The molecule has 5 heteroatoms. The lowest BCUT2D eigenvalue weighted by Crippen LogP contribution is -2.24. The molecule has 0 aliphatic rings. The first-order chi connectivity index (χ1) is 10.2. The number of methoxy groups -OCH3 is 2. The van der Waals surface area contributed by atoms with Gasteiger partial charge in [0.1, 0.15) is 11.5 Å². The summed E-state index contributed by atoms with van der Waals surface area (Å²) >= 11 is 0. The fourth-order valence-corrected chi connectivity index (χ4v) is 2.31. The summed E-state index contributed by atoms with van der Waals surface area (Å²) in [5, 5.41) is 8.06. The number of aromatic nitrogens is 2. The van der Waals surface area contributed by atoms with Crippen molar-refractivity contribution in [3.63, 3.8) is 0 Å². The molecule has 1 heterocycles. The quantitative estimate of drug-likeness (QED) is 0.851. The maximum atomic E-state index is 5.52. The minimum absolute atomic E-state index is 0.00649. The second-order valence-electron chi connectivity index (χ2n) is 4.91. The molecule has 0 fully saturated rings. The molecule has 0 saturated carbocycles. The number of benzene rings is 1. The number of nitrogens with zero attached hydrogens (tertiary/aromatic N) is 2. The summed E-state index contributed by atoms with van der Waals surface area (Å²) in [5.74, 6) is 1.58. The molecule has 0 aliphatic carbocycles. The highest BCUT2D eigenvalue weighted by Crippen LogP contribution is 2.32. The van der Waals surface area contributed by atoms with Crippen LogP contribution < -0.4 is 14.8 Å². The van der Waals surface area contributed by atoms with Crippen molar-refractivity contribution in [1.82, 2.24) is 15.1 Å². The van der Waals surface area contributed by atoms with E-state index in [4.69, 9.17) is 9.47 Å². The lowest BCUT2D eigenvalue weighted by Gasteiger charge is -2.20. The molecular formula is C16H23N3O2. The van der Waals surface area contributed by atoms with Crippen LogP contribution in [0.1, 0.15) is 30.6 Å². The van der Waals surface area contributed by atoms with Gasteiger partial charge < -0.3 is 14.8 Å². The minimum Gasteiger partial charge on any atom is -0.497 e. The Morgan fingerprint density at radius 3 is 2.62 bits per heavy atom. The Morgan fingerprint density at radius 2 is 2.05 bits per heavy atom. The molecule has 5 nitrogen and oxygen atoms in total. The Labute approximate surface area is 125 Å². The zero-order valence-corrected chi connectivity index (χ0v) is 13.1. The second kappa shape index (κ2) is 7.13. The summed E-state index contributed by atoms with van der Waals surface area (Å²) in [7, 11) is 5.25. The van der Waals surface area contributed by atoms with Crippen molar-refractivity contribution in [2.75, 3.05) is 20.8 Å². The summed E-state index contributed by atoms with van der Waals surface area (Å²) in [5.41, 5.74) is 2.04. The summed E-state index contributed by atoms with van der Waals surface area (Å²) < 4.78 is 12.6. The zero-order chi connectivity index (χ0) is 15.2. The van der Waals surface area contributed by atoms with Crippen LogP contribution in [0.5, 0.6) is 11.5 Å². The fraction of sp³-hybridized carbons (Fsp3) is 0.438. The van der Waals surface area contributed by atoms with Crippen molar-refractivity contribution in [3.05, 3.63) is 41.7 Å². The molecule has 21 heavy (non-hydrogen) atoms. The molecule has 0 bridgehead atoms. The van der Waals surface area contributed by atoms with E-state index >= 15 is 0 Å². The Balaban J connectivity index is 2.40. The fourth-order valence-electron chi connectivity index (χ4n) is 2.31. The van der Waals surface area contributed by atoms with Gasteiger partial charge >= 0.3 is 0 Å². The van der Waals surface area contributed by atoms with Crippen LogP contribution >= 0.6 is 0 Å². The number of ether oxygens (including phenoxy) is 2. The van der Waals surface area contributed by atoms with Crippen molar-refractivity contribution >= 4 is 0 Å². The van der Waals surface area contributed by atoms with Crippen molar-refractivity contribution in [2.24, 2.45) is 7.05 Å². The third kappa shape index (κ3) is 3.55. The Bertz CT molecular complexity index is 581. The van der Waals surface area contributed by atoms with Gasteiger partial charge in [0, 0.05) is 24.9 Å². The van der Waals surface area contributed by atoms with Gasteiger partial charge in [-0.05, 0) is 31.2 Å². The highest BCUT2D eigenvalue weighted by atomic mass is 16.5. The Morgan fingerprint density at radius 1 is 1.24 bits per heavy atom. The predicted molar refractivity (Wildman–Crippen MR) is 82.9 cm³/mol. The van der Waals surface area contributed by atoms with Crippen LogP contribution in [0.3, 0.4) is 0 Å². The van der Waals surface area contributed by atoms with E-state index in [1.54, 1.807) is 14.2 Å².